The second kappa shape index (κ2) is 6.48. The number of carboxylic acid groups (broad SMARTS) is 1. The highest BCUT2D eigenvalue weighted by Gasteiger charge is 2.16. The van der Waals surface area contributed by atoms with Gasteiger partial charge in [0.25, 0.3) is 0 Å². The predicted octanol–water partition coefficient (Wildman–Crippen LogP) is 1.37. The first-order valence-corrected chi connectivity index (χ1v) is 6.34. The quantitative estimate of drug-likeness (QED) is 0.428. The van der Waals surface area contributed by atoms with Crippen LogP contribution in [-0.2, 0) is 9.59 Å². The molecule has 0 spiro atoms. The van der Waals surface area contributed by atoms with E-state index in [0.29, 0.717) is 5.69 Å². The van der Waals surface area contributed by atoms with Gasteiger partial charge in [-0.05, 0) is 36.4 Å². The monoisotopic (exact) mass is 316 g/mol. The van der Waals surface area contributed by atoms with Gasteiger partial charge in [-0.2, -0.15) is 0 Å². The van der Waals surface area contributed by atoms with Crippen molar-refractivity contribution in [3.8, 4) is 11.5 Å². The smallest absolute Gasteiger partial charge is 0.339 e. The zero-order valence-corrected chi connectivity index (χ0v) is 11.6. The lowest BCUT2D eigenvalue weighted by molar-refractivity contribution is -0.132. The maximum atomic E-state index is 11.7. The third-order valence-corrected chi connectivity index (χ3v) is 2.82. The number of aromatic hydroxyl groups is 2. The van der Waals surface area contributed by atoms with Crippen molar-refractivity contribution in [3.63, 3.8) is 0 Å². The Morgan fingerprint density at radius 1 is 0.783 bits per heavy atom. The van der Waals surface area contributed by atoms with Crippen molar-refractivity contribution in [2.24, 2.45) is 0 Å². The first-order chi connectivity index (χ1) is 10.9. The molecule has 23 heavy (non-hydrogen) atoms. The number of carbonyl (C=O) groups excluding carboxylic acids is 2. The zero-order valence-electron chi connectivity index (χ0n) is 11.6. The average Bonchev–Trinajstić information content (AvgIpc) is 2.49. The molecule has 2 aromatic rings. The molecule has 0 atom stereocenters. The van der Waals surface area contributed by atoms with Crippen LogP contribution in [0.15, 0.2) is 42.5 Å². The molecule has 0 fully saturated rings. The Morgan fingerprint density at radius 3 is 1.83 bits per heavy atom. The van der Waals surface area contributed by atoms with Gasteiger partial charge in [0.1, 0.15) is 17.1 Å². The van der Waals surface area contributed by atoms with Crippen molar-refractivity contribution in [1.82, 2.24) is 0 Å². The van der Waals surface area contributed by atoms with Crippen molar-refractivity contribution in [2.75, 3.05) is 10.6 Å². The van der Waals surface area contributed by atoms with Crippen LogP contribution < -0.4 is 10.6 Å². The van der Waals surface area contributed by atoms with E-state index in [1.54, 1.807) is 0 Å². The SMILES string of the molecule is O=C(Nc1ccc(O)cc1)C(=O)Nc1ccc(C(=O)O)c(O)c1. The third-order valence-electron chi connectivity index (χ3n) is 2.82. The van der Waals surface area contributed by atoms with Crippen molar-refractivity contribution in [3.05, 3.63) is 48.0 Å². The molecule has 118 valence electrons. The Hall–Kier alpha value is -3.55. The van der Waals surface area contributed by atoms with Gasteiger partial charge < -0.3 is 26.0 Å². The second-order valence-corrected chi connectivity index (χ2v) is 4.49. The summed E-state index contributed by atoms with van der Waals surface area (Å²) in [6.45, 7) is 0. The van der Waals surface area contributed by atoms with E-state index >= 15 is 0 Å². The summed E-state index contributed by atoms with van der Waals surface area (Å²) in [7, 11) is 0. The molecule has 5 N–H and O–H groups in total. The number of hydrogen-bond donors (Lipinski definition) is 5. The summed E-state index contributed by atoms with van der Waals surface area (Å²) >= 11 is 0. The molecule has 8 heteroatoms. The van der Waals surface area contributed by atoms with E-state index in [4.69, 9.17) is 10.2 Å². The fourth-order valence-corrected chi connectivity index (χ4v) is 1.71. The predicted molar refractivity (Wildman–Crippen MR) is 80.4 cm³/mol. The van der Waals surface area contributed by atoms with Crippen LogP contribution in [0.4, 0.5) is 11.4 Å². The Morgan fingerprint density at radius 2 is 1.30 bits per heavy atom. The van der Waals surface area contributed by atoms with Gasteiger partial charge in [0.2, 0.25) is 0 Å². The number of nitrogens with one attached hydrogen (secondary N) is 2. The summed E-state index contributed by atoms with van der Waals surface area (Å²) < 4.78 is 0. The van der Waals surface area contributed by atoms with E-state index in [2.05, 4.69) is 10.6 Å². The van der Waals surface area contributed by atoms with Gasteiger partial charge >= 0.3 is 17.8 Å². The van der Waals surface area contributed by atoms with E-state index < -0.39 is 23.5 Å². The molecule has 0 saturated carbocycles. The van der Waals surface area contributed by atoms with Gasteiger partial charge in [0.15, 0.2) is 0 Å². The maximum Gasteiger partial charge on any atom is 0.339 e. The molecule has 2 aromatic carbocycles. The van der Waals surface area contributed by atoms with Gasteiger partial charge in [-0.15, -0.1) is 0 Å². The Balaban J connectivity index is 2.03. The van der Waals surface area contributed by atoms with Crippen molar-refractivity contribution in [1.29, 1.82) is 0 Å². The maximum absolute atomic E-state index is 11.7. The number of aromatic carboxylic acids is 1. The highest BCUT2D eigenvalue weighted by Crippen LogP contribution is 2.22. The second-order valence-electron chi connectivity index (χ2n) is 4.49. The van der Waals surface area contributed by atoms with E-state index in [0.717, 1.165) is 12.1 Å². The van der Waals surface area contributed by atoms with Gasteiger partial charge in [0.05, 0.1) is 0 Å². The lowest BCUT2D eigenvalue weighted by Crippen LogP contribution is -2.29. The number of amides is 2. The molecular formula is C15H12N2O6. The van der Waals surface area contributed by atoms with Gasteiger partial charge in [-0.1, -0.05) is 0 Å². The summed E-state index contributed by atoms with van der Waals surface area (Å²) in [6, 6.07) is 8.88. The highest BCUT2D eigenvalue weighted by atomic mass is 16.4. The molecule has 0 saturated heterocycles. The van der Waals surface area contributed by atoms with Crippen molar-refractivity contribution < 1.29 is 29.7 Å². The molecule has 8 nitrogen and oxygen atoms in total. The fourth-order valence-electron chi connectivity index (χ4n) is 1.71. The minimum absolute atomic E-state index is 0.0152. The molecule has 0 radical (unpaired) electrons. The number of carbonyl (C=O) groups is 3. The minimum atomic E-state index is -1.31. The molecule has 0 unspecified atom stereocenters. The van der Waals surface area contributed by atoms with E-state index in [-0.39, 0.29) is 17.0 Å². The fraction of sp³-hybridized carbons (Fsp3) is 0. The number of phenols is 2. The summed E-state index contributed by atoms with van der Waals surface area (Å²) in [5, 5.41) is 32.0. The molecule has 0 aromatic heterocycles. The lowest BCUT2D eigenvalue weighted by Gasteiger charge is -2.08. The average molecular weight is 316 g/mol. The number of hydrogen-bond acceptors (Lipinski definition) is 5. The Kier molecular flexibility index (Phi) is 4.46. The van der Waals surface area contributed by atoms with Crippen LogP contribution in [0.2, 0.25) is 0 Å². The van der Waals surface area contributed by atoms with Gasteiger partial charge in [-0.3, -0.25) is 9.59 Å². The first-order valence-electron chi connectivity index (χ1n) is 6.34. The van der Waals surface area contributed by atoms with Crippen LogP contribution in [0.5, 0.6) is 11.5 Å². The summed E-state index contributed by atoms with van der Waals surface area (Å²) in [6.07, 6.45) is 0. The molecule has 0 aliphatic carbocycles. The zero-order chi connectivity index (χ0) is 17.0. The minimum Gasteiger partial charge on any atom is -0.508 e. The number of anilines is 2. The van der Waals surface area contributed by atoms with Crippen molar-refractivity contribution >= 4 is 29.2 Å². The third kappa shape index (κ3) is 3.97. The Labute approximate surface area is 130 Å². The summed E-state index contributed by atoms with van der Waals surface area (Å²) in [5.74, 6) is -3.79. The number of benzene rings is 2. The van der Waals surface area contributed by atoms with Gasteiger partial charge in [-0.25, -0.2) is 4.79 Å². The van der Waals surface area contributed by atoms with Crippen LogP contribution in [0.25, 0.3) is 0 Å². The molecule has 2 amide bonds. The molecule has 0 aliphatic rings. The number of carboxylic acids is 1. The van der Waals surface area contributed by atoms with Crippen LogP contribution in [0.1, 0.15) is 10.4 Å². The van der Waals surface area contributed by atoms with E-state index in [9.17, 15) is 19.5 Å². The molecule has 0 heterocycles. The molecule has 2 rings (SSSR count). The molecule has 0 bridgehead atoms. The highest BCUT2D eigenvalue weighted by molar-refractivity contribution is 6.43. The summed E-state index contributed by atoms with van der Waals surface area (Å²) in [5.41, 5.74) is 0.0573. The summed E-state index contributed by atoms with van der Waals surface area (Å²) in [4.78, 5) is 34.2. The Bertz CT molecular complexity index is 770. The van der Waals surface area contributed by atoms with Crippen LogP contribution >= 0.6 is 0 Å². The van der Waals surface area contributed by atoms with Crippen LogP contribution in [0, 0.1) is 0 Å². The standard InChI is InChI=1S/C15H12N2O6/c18-10-4-1-8(2-5-10)16-13(20)14(21)17-9-3-6-11(15(22)23)12(19)7-9/h1-7,18-19H,(H,16,20)(H,17,21)(H,22,23). The largest absolute Gasteiger partial charge is 0.508 e. The first kappa shape index (κ1) is 15.8. The van der Waals surface area contributed by atoms with Crippen LogP contribution in [-0.4, -0.2) is 33.1 Å². The number of phenolic OH excluding ortho intramolecular Hbond substituents is 1. The number of rotatable bonds is 3. The molecule has 0 aliphatic heterocycles. The molecular weight excluding hydrogens is 304 g/mol. The normalized spacial score (nSPS) is 9.91. The van der Waals surface area contributed by atoms with E-state index in [1.807, 2.05) is 0 Å². The lowest BCUT2D eigenvalue weighted by atomic mass is 10.2. The van der Waals surface area contributed by atoms with Gasteiger partial charge in [0, 0.05) is 17.4 Å². The van der Waals surface area contributed by atoms with Crippen LogP contribution in [0.3, 0.4) is 0 Å². The topological polar surface area (TPSA) is 136 Å². The van der Waals surface area contributed by atoms with E-state index in [1.165, 1.54) is 30.3 Å². The van der Waals surface area contributed by atoms with Crippen molar-refractivity contribution in [2.45, 2.75) is 0 Å².